The molecule has 0 unspecified atom stereocenters. The van der Waals surface area contributed by atoms with E-state index in [4.69, 9.17) is 4.52 Å². The minimum Gasteiger partial charge on any atom is -0.345 e. The lowest BCUT2D eigenvalue weighted by atomic mass is 10.0. The average Bonchev–Trinajstić information content (AvgIpc) is 3.28. The zero-order valence-corrected chi connectivity index (χ0v) is 20.0. The number of nitrogens with zero attached hydrogens (tertiary/aromatic N) is 7. The van der Waals surface area contributed by atoms with Gasteiger partial charge in [-0.3, -0.25) is 9.48 Å². The van der Waals surface area contributed by atoms with E-state index in [2.05, 4.69) is 30.6 Å². The minimum atomic E-state index is -0.466. The van der Waals surface area contributed by atoms with Crippen molar-refractivity contribution < 1.29 is 13.7 Å². The van der Waals surface area contributed by atoms with Gasteiger partial charge < -0.3 is 9.84 Å². The molecule has 1 aliphatic carbocycles. The number of aromatic nitrogens is 7. The van der Waals surface area contributed by atoms with Crippen LogP contribution in [-0.2, 0) is 19.0 Å². The number of fused-ring (bicyclic) bond motifs is 1. The second-order valence-corrected chi connectivity index (χ2v) is 9.45. The van der Waals surface area contributed by atoms with E-state index in [9.17, 15) is 4.79 Å². The van der Waals surface area contributed by atoms with Crippen molar-refractivity contribution in [2.24, 2.45) is 7.05 Å². The van der Waals surface area contributed by atoms with Crippen molar-refractivity contribution in [2.75, 3.05) is 0 Å². The molecule has 182 valence electrons. The average molecular weight is 487 g/mol. The molecule has 0 bridgehead atoms. The second kappa shape index (κ2) is 8.08. The first-order valence-electron chi connectivity index (χ1n) is 11.6. The van der Waals surface area contributed by atoms with E-state index in [1.54, 1.807) is 34.5 Å². The molecule has 11 heteroatoms. The van der Waals surface area contributed by atoms with E-state index in [-0.39, 0.29) is 17.8 Å². The van der Waals surface area contributed by atoms with Gasteiger partial charge in [0.05, 0.1) is 11.7 Å². The Hall–Kier alpha value is -4.41. The number of nitrogens with one attached hydrogen (secondary N) is 1. The molecule has 0 spiro atoms. The topological polar surface area (TPSA) is 116 Å². The summed E-state index contributed by atoms with van der Waals surface area (Å²) in [6, 6.07) is 5.37. The van der Waals surface area contributed by atoms with Crippen LogP contribution in [0, 0.1) is 12.7 Å². The molecule has 1 saturated carbocycles. The summed E-state index contributed by atoms with van der Waals surface area (Å²) in [7, 11) is 1.85. The molecule has 36 heavy (non-hydrogen) atoms. The molecule has 1 amide bonds. The van der Waals surface area contributed by atoms with Crippen molar-refractivity contribution in [1.29, 1.82) is 0 Å². The van der Waals surface area contributed by atoms with Crippen LogP contribution in [0.25, 0.3) is 27.9 Å². The minimum absolute atomic E-state index is 0.0195. The lowest BCUT2D eigenvalue weighted by Crippen LogP contribution is -2.24. The Bertz CT molecular complexity index is 1630. The fourth-order valence-corrected chi connectivity index (χ4v) is 4.18. The van der Waals surface area contributed by atoms with Crippen molar-refractivity contribution in [3.8, 4) is 22.4 Å². The van der Waals surface area contributed by atoms with E-state index in [1.807, 2.05) is 32.4 Å². The fourth-order valence-electron chi connectivity index (χ4n) is 4.18. The van der Waals surface area contributed by atoms with Crippen molar-refractivity contribution in [3.05, 3.63) is 71.8 Å². The molecule has 1 aromatic carbocycles. The van der Waals surface area contributed by atoms with Gasteiger partial charge in [-0.25, -0.2) is 13.9 Å². The number of hydrogen-bond acceptors (Lipinski definition) is 7. The number of carbonyl (C=O) groups excluding carboxylic acids is 1. The fraction of sp³-hybridized carbons (Fsp3) is 0.280. The molecule has 6 rings (SSSR count). The van der Waals surface area contributed by atoms with Crippen LogP contribution in [0.5, 0.6) is 0 Å². The van der Waals surface area contributed by atoms with Crippen molar-refractivity contribution in [3.63, 3.8) is 0 Å². The number of benzene rings is 1. The van der Waals surface area contributed by atoms with Gasteiger partial charge in [0.1, 0.15) is 17.8 Å². The standard InChI is InChI=1S/C25H23FN8O2/c1-14-15(9-27-23(35)22-31-24(36-32-22)25(2)6-7-25)4-5-18(20(14)26)21-19-8-16(12-34(19)30-13-28-21)17-10-29-33(3)11-17/h4-5,8,10-13H,6-7,9H2,1-3H3,(H,27,35). The van der Waals surface area contributed by atoms with E-state index in [0.717, 1.165) is 24.0 Å². The molecule has 0 atom stereocenters. The first kappa shape index (κ1) is 22.1. The van der Waals surface area contributed by atoms with Gasteiger partial charge >= 0.3 is 0 Å². The zero-order valence-electron chi connectivity index (χ0n) is 20.0. The first-order valence-corrected chi connectivity index (χ1v) is 11.6. The predicted octanol–water partition coefficient (Wildman–Crippen LogP) is 3.61. The summed E-state index contributed by atoms with van der Waals surface area (Å²) in [6.07, 6.45) is 8.86. The first-order chi connectivity index (χ1) is 17.3. The van der Waals surface area contributed by atoms with Crippen molar-refractivity contribution in [2.45, 2.75) is 38.6 Å². The van der Waals surface area contributed by atoms with Gasteiger partial charge in [-0.1, -0.05) is 18.1 Å². The number of carbonyl (C=O) groups is 1. The largest absolute Gasteiger partial charge is 0.345 e. The van der Waals surface area contributed by atoms with Gasteiger partial charge in [-0.05, 0) is 43.0 Å². The summed E-state index contributed by atoms with van der Waals surface area (Å²) >= 11 is 0. The third-order valence-corrected chi connectivity index (χ3v) is 6.78. The Kier molecular flexibility index (Phi) is 4.95. The maximum absolute atomic E-state index is 15.6. The van der Waals surface area contributed by atoms with Gasteiger partial charge in [-0.15, -0.1) is 0 Å². The number of halogens is 1. The van der Waals surface area contributed by atoms with Crippen LogP contribution in [-0.4, -0.2) is 40.4 Å². The van der Waals surface area contributed by atoms with Crippen molar-refractivity contribution >= 4 is 11.4 Å². The van der Waals surface area contributed by atoms with Gasteiger partial charge in [-0.2, -0.15) is 15.2 Å². The van der Waals surface area contributed by atoms with Gasteiger partial charge in [0, 0.05) is 48.1 Å². The number of rotatable bonds is 6. The SMILES string of the molecule is Cc1c(CNC(=O)c2noc(C3(C)CC3)n2)ccc(-c2ncnn3cc(-c4cnn(C)c4)cc23)c1F. The lowest BCUT2D eigenvalue weighted by Gasteiger charge is -2.12. The Labute approximate surface area is 205 Å². The molecular formula is C25H23FN8O2. The van der Waals surface area contributed by atoms with E-state index >= 15 is 4.39 Å². The van der Waals surface area contributed by atoms with Gasteiger partial charge in [0.25, 0.3) is 11.7 Å². The Balaban J connectivity index is 1.25. The van der Waals surface area contributed by atoms with Crippen LogP contribution >= 0.6 is 0 Å². The molecule has 0 saturated heterocycles. The van der Waals surface area contributed by atoms with Crippen LogP contribution in [0.3, 0.4) is 0 Å². The molecule has 4 aromatic heterocycles. The predicted molar refractivity (Wildman–Crippen MR) is 127 cm³/mol. The summed E-state index contributed by atoms with van der Waals surface area (Å²) in [5.74, 6) is -0.414. The highest BCUT2D eigenvalue weighted by molar-refractivity contribution is 5.90. The molecule has 0 radical (unpaired) electrons. The smallest absolute Gasteiger partial charge is 0.292 e. The highest BCUT2D eigenvalue weighted by Crippen LogP contribution is 2.46. The highest BCUT2D eigenvalue weighted by Gasteiger charge is 2.44. The summed E-state index contributed by atoms with van der Waals surface area (Å²) in [6.45, 7) is 3.83. The highest BCUT2D eigenvalue weighted by atomic mass is 19.1. The van der Waals surface area contributed by atoms with Crippen LogP contribution in [0.2, 0.25) is 0 Å². The molecular weight excluding hydrogens is 463 g/mol. The summed E-state index contributed by atoms with van der Waals surface area (Å²) in [4.78, 5) is 21.1. The zero-order chi connectivity index (χ0) is 25.0. The summed E-state index contributed by atoms with van der Waals surface area (Å²) in [5, 5.41) is 15.0. The molecule has 5 aromatic rings. The Morgan fingerprint density at radius 2 is 2.06 bits per heavy atom. The third kappa shape index (κ3) is 3.72. The van der Waals surface area contributed by atoms with E-state index in [1.165, 1.54) is 6.33 Å². The third-order valence-electron chi connectivity index (χ3n) is 6.78. The lowest BCUT2D eigenvalue weighted by molar-refractivity contribution is 0.0937. The Morgan fingerprint density at radius 1 is 1.22 bits per heavy atom. The van der Waals surface area contributed by atoms with Crippen molar-refractivity contribution in [1.82, 2.24) is 39.8 Å². The van der Waals surface area contributed by atoms with E-state index < -0.39 is 11.7 Å². The summed E-state index contributed by atoms with van der Waals surface area (Å²) < 4.78 is 24.2. The number of hydrogen-bond donors (Lipinski definition) is 1. The molecule has 1 N–H and O–H groups in total. The van der Waals surface area contributed by atoms with Crippen LogP contribution in [0.4, 0.5) is 4.39 Å². The maximum atomic E-state index is 15.6. The Morgan fingerprint density at radius 3 is 2.81 bits per heavy atom. The summed E-state index contributed by atoms with van der Waals surface area (Å²) in [5.41, 5.74) is 4.27. The number of aryl methyl sites for hydroxylation is 1. The molecule has 0 aliphatic heterocycles. The molecule has 1 fully saturated rings. The van der Waals surface area contributed by atoms with E-state index in [0.29, 0.717) is 33.8 Å². The maximum Gasteiger partial charge on any atom is 0.292 e. The van der Waals surface area contributed by atoms with Gasteiger partial charge in [0.2, 0.25) is 5.89 Å². The van der Waals surface area contributed by atoms with Crippen LogP contribution < -0.4 is 5.32 Å². The quantitative estimate of drug-likeness (QED) is 0.390. The molecule has 1 aliphatic rings. The molecule has 4 heterocycles. The van der Waals surface area contributed by atoms with Crippen LogP contribution in [0.15, 0.2) is 47.6 Å². The molecule has 10 nitrogen and oxygen atoms in total. The number of amides is 1. The monoisotopic (exact) mass is 486 g/mol. The van der Waals surface area contributed by atoms with Crippen LogP contribution in [0.1, 0.15) is 47.4 Å². The normalized spacial score (nSPS) is 14.3. The second-order valence-electron chi connectivity index (χ2n) is 9.45. The van der Waals surface area contributed by atoms with Gasteiger partial charge in [0.15, 0.2) is 0 Å².